The minimum Gasteiger partial charge on any atom is -0.349 e. The van der Waals surface area contributed by atoms with Gasteiger partial charge in [0.15, 0.2) is 5.82 Å². The Morgan fingerprint density at radius 1 is 1.13 bits per heavy atom. The van der Waals surface area contributed by atoms with Crippen molar-refractivity contribution in [1.29, 1.82) is 0 Å². The average molecular weight is 425 g/mol. The molecule has 1 aliphatic rings. The summed E-state index contributed by atoms with van der Waals surface area (Å²) < 4.78 is 13.4. The highest BCUT2D eigenvalue weighted by molar-refractivity contribution is 8.01. The number of hydrogen-bond acceptors (Lipinski definition) is 4. The Balaban J connectivity index is 1.80. The third-order valence-electron chi connectivity index (χ3n) is 4.99. The van der Waals surface area contributed by atoms with Gasteiger partial charge in [-0.05, 0) is 29.8 Å². The smallest absolute Gasteiger partial charge is 0.239 e. The van der Waals surface area contributed by atoms with Crippen LogP contribution in [0.5, 0.6) is 0 Å². The zero-order valence-corrected chi connectivity index (χ0v) is 17.4. The topological polar surface area (TPSA) is 78.1 Å². The fourth-order valence-corrected chi connectivity index (χ4v) is 4.81. The van der Waals surface area contributed by atoms with Crippen LogP contribution in [0.25, 0.3) is 11.3 Å². The van der Waals surface area contributed by atoms with Crippen LogP contribution in [0.1, 0.15) is 22.8 Å². The van der Waals surface area contributed by atoms with E-state index in [0.29, 0.717) is 11.5 Å². The molecule has 2 heterocycles. The molecule has 2 amide bonds. The summed E-state index contributed by atoms with van der Waals surface area (Å²) in [7, 11) is 3.35. The fraction of sp³-hybridized carbons (Fsp3) is 0.227. The number of aromatic nitrogens is 2. The van der Waals surface area contributed by atoms with Crippen molar-refractivity contribution in [3.05, 3.63) is 71.5 Å². The second-order valence-electron chi connectivity index (χ2n) is 7.26. The van der Waals surface area contributed by atoms with E-state index in [1.807, 2.05) is 30.3 Å². The second-order valence-corrected chi connectivity index (χ2v) is 8.58. The van der Waals surface area contributed by atoms with E-state index in [1.165, 1.54) is 28.8 Å². The highest BCUT2D eigenvalue weighted by atomic mass is 32.2. The molecule has 2 N–H and O–H groups in total. The highest BCUT2D eigenvalue weighted by Gasteiger charge is 2.36. The first-order valence-electron chi connectivity index (χ1n) is 9.49. The average Bonchev–Trinajstić information content (AvgIpc) is 3.09. The van der Waals surface area contributed by atoms with E-state index in [-0.39, 0.29) is 29.3 Å². The standard InChI is InChI=1S/C22H21FN4O2S/c1-27(2)17(28)12-16-22(29)24-21-18(20(30-16)14-6-4-3-5-7-14)19(25-26-21)13-8-10-15(23)11-9-13/h3-11,16,20H,12H2,1-2H3,(H2,24,25,26,29). The van der Waals surface area contributed by atoms with Gasteiger partial charge in [0.25, 0.3) is 0 Å². The molecule has 1 aromatic heterocycles. The normalized spacial score (nSPS) is 18.3. The lowest BCUT2D eigenvalue weighted by Crippen LogP contribution is -2.32. The van der Waals surface area contributed by atoms with E-state index >= 15 is 0 Å². The van der Waals surface area contributed by atoms with Crippen LogP contribution >= 0.6 is 11.8 Å². The molecule has 0 saturated carbocycles. The van der Waals surface area contributed by atoms with Crippen molar-refractivity contribution in [2.75, 3.05) is 19.4 Å². The molecular weight excluding hydrogens is 403 g/mol. The van der Waals surface area contributed by atoms with E-state index in [9.17, 15) is 14.0 Å². The lowest BCUT2D eigenvalue weighted by molar-refractivity contribution is -0.130. The lowest BCUT2D eigenvalue weighted by atomic mass is 10.00. The molecule has 2 unspecified atom stereocenters. The van der Waals surface area contributed by atoms with Crippen molar-refractivity contribution in [3.63, 3.8) is 0 Å². The van der Waals surface area contributed by atoms with E-state index in [4.69, 9.17) is 0 Å². The van der Waals surface area contributed by atoms with Gasteiger partial charge in [-0.15, -0.1) is 11.8 Å². The number of anilines is 1. The summed E-state index contributed by atoms with van der Waals surface area (Å²) in [6, 6.07) is 15.9. The molecule has 1 aliphatic heterocycles. The molecule has 2 atom stereocenters. The number of carbonyl (C=O) groups excluding carboxylic acids is 2. The van der Waals surface area contributed by atoms with Gasteiger partial charge in [-0.25, -0.2) is 4.39 Å². The van der Waals surface area contributed by atoms with Crippen LogP contribution in [0.2, 0.25) is 0 Å². The molecule has 30 heavy (non-hydrogen) atoms. The number of amides is 2. The number of nitrogens with zero attached hydrogens (tertiary/aromatic N) is 2. The van der Waals surface area contributed by atoms with E-state index < -0.39 is 5.25 Å². The van der Waals surface area contributed by atoms with E-state index in [0.717, 1.165) is 16.7 Å². The number of rotatable bonds is 4. The summed E-state index contributed by atoms with van der Waals surface area (Å²) in [5.74, 6) is -0.268. The number of aromatic amines is 1. The lowest BCUT2D eigenvalue weighted by Gasteiger charge is -2.21. The molecule has 0 bridgehead atoms. The minimum atomic E-state index is -0.569. The van der Waals surface area contributed by atoms with Crippen molar-refractivity contribution in [3.8, 4) is 11.3 Å². The largest absolute Gasteiger partial charge is 0.349 e. The first kappa shape index (κ1) is 20.2. The third-order valence-corrected chi connectivity index (χ3v) is 6.48. The van der Waals surface area contributed by atoms with Crippen molar-refractivity contribution >= 4 is 29.4 Å². The molecule has 0 saturated heterocycles. The Bertz CT molecular complexity index is 1070. The number of benzene rings is 2. The van der Waals surface area contributed by atoms with Crippen LogP contribution in [0.15, 0.2) is 54.6 Å². The van der Waals surface area contributed by atoms with Gasteiger partial charge in [-0.3, -0.25) is 14.7 Å². The summed E-state index contributed by atoms with van der Waals surface area (Å²) in [6.07, 6.45) is 0.0900. The monoisotopic (exact) mass is 424 g/mol. The molecule has 8 heteroatoms. The molecule has 154 valence electrons. The molecule has 3 aromatic rings. The molecule has 0 spiro atoms. The third kappa shape index (κ3) is 3.95. The van der Waals surface area contributed by atoms with Crippen LogP contribution in [-0.2, 0) is 9.59 Å². The van der Waals surface area contributed by atoms with Gasteiger partial charge < -0.3 is 10.2 Å². The number of halogens is 1. The fourth-order valence-electron chi connectivity index (χ4n) is 3.38. The van der Waals surface area contributed by atoms with Gasteiger partial charge in [-0.1, -0.05) is 30.3 Å². The predicted molar refractivity (Wildman–Crippen MR) is 116 cm³/mol. The number of hydrogen-bond donors (Lipinski definition) is 2. The Morgan fingerprint density at radius 2 is 1.83 bits per heavy atom. The number of thioether (sulfide) groups is 1. The first-order valence-corrected chi connectivity index (χ1v) is 10.4. The van der Waals surface area contributed by atoms with Crippen LogP contribution < -0.4 is 5.32 Å². The molecule has 2 aromatic carbocycles. The number of nitrogens with one attached hydrogen (secondary N) is 2. The van der Waals surface area contributed by atoms with Crippen LogP contribution in [0.3, 0.4) is 0 Å². The maximum atomic E-state index is 13.4. The van der Waals surface area contributed by atoms with Crippen molar-refractivity contribution in [1.82, 2.24) is 15.1 Å². The van der Waals surface area contributed by atoms with Gasteiger partial charge in [0, 0.05) is 31.6 Å². The van der Waals surface area contributed by atoms with Crippen molar-refractivity contribution < 1.29 is 14.0 Å². The summed E-state index contributed by atoms with van der Waals surface area (Å²) in [5, 5.41) is 9.39. The summed E-state index contributed by atoms with van der Waals surface area (Å²) >= 11 is 1.42. The van der Waals surface area contributed by atoms with Crippen LogP contribution in [-0.4, -0.2) is 46.3 Å². The quantitative estimate of drug-likeness (QED) is 0.667. The van der Waals surface area contributed by atoms with Gasteiger partial charge in [0.05, 0.1) is 16.2 Å². The Kier molecular flexibility index (Phi) is 5.59. The maximum absolute atomic E-state index is 13.4. The molecule has 6 nitrogen and oxygen atoms in total. The number of fused-ring (bicyclic) bond motifs is 1. The Labute approximate surface area is 177 Å². The Hall–Kier alpha value is -3.13. The highest BCUT2D eigenvalue weighted by Crippen LogP contribution is 2.47. The molecule has 0 fully saturated rings. The van der Waals surface area contributed by atoms with Gasteiger partial charge in [0.1, 0.15) is 5.82 Å². The molecule has 4 rings (SSSR count). The minimum absolute atomic E-state index is 0.0900. The Morgan fingerprint density at radius 3 is 2.50 bits per heavy atom. The second kappa shape index (κ2) is 8.31. The van der Waals surface area contributed by atoms with Gasteiger partial charge in [0.2, 0.25) is 11.8 Å². The van der Waals surface area contributed by atoms with Crippen LogP contribution in [0.4, 0.5) is 10.2 Å². The van der Waals surface area contributed by atoms with Crippen molar-refractivity contribution in [2.45, 2.75) is 16.9 Å². The zero-order chi connectivity index (χ0) is 21.3. The van der Waals surface area contributed by atoms with Crippen molar-refractivity contribution in [2.24, 2.45) is 0 Å². The number of H-pyrrole nitrogens is 1. The van der Waals surface area contributed by atoms with Crippen LogP contribution in [0, 0.1) is 5.82 Å². The van der Waals surface area contributed by atoms with E-state index in [1.54, 1.807) is 26.2 Å². The summed E-state index contributed by atoms with van der Waals surface area (Å²) in [6.45, 7) is 0. The van der Waals surface area contributed by atoms with Gasteiger partial charge >= 0.3 is 0 Å². The zero-order valence-electron chi connectivity index (χ0n) is 16.6. The van der Waals surface area contributed by atoms with Gasteiger partial charge in [-0.2, -0.15) is 5.10 Å². The molecule has 0 radical (unpaired) electrons. The molecule has 0 aliphatic carbocycles. The first-order chi connectivity index (χ1) is 14.4. The molecular formula is C22H21FN4O2S. The summed E-state index contributed by atoms with van der Waals surface area (Å²) in [5.41, 5.74) is 3.29. The number of carbonyl (C=O) groups is 2. The van der Waals surface area contributed by atoms with E-state index in [2.05, 4.69) is 15.5 Å². The maximum Gasteiger partial charge on any atom is 0.239 e. The SMILES string of the molecule is CN(C)C(=O)CC1SC(c2ccccc2)c2c(n[nH]c2-c2ccc(F)cc2)NC1=O. The predicted octanol–water partition coefficient (Wildman–Crippen LogP) is 3.84. The summed E-state index contributed by atoms with van der Waals surface area (Å²) in [4.78, 5) is 26.7.